The van der Waals surface area contributed by atoms with Gasteiger partial charge in [0.15, 0.2) is 11.0 Å². The maximum atomic E-state index is 4.89. The first-order chi connectivity index (χ1) is 13.6. The molecule has 0 bridgehead atoms. The minimum absolute atomic E-state index is 0. The van der Waals surface area contributed by atoms with Gasteiger partial charge in [0.05, 0.1) is 16.6 Å². The van der Waals surface area contributed by atoms with Gasteiger partial charge in [0.1, 0.15) is 5.69 Å². The second-order valence-electron chi connectivity index (χ2n) is 7.40. The number of thiazole rings is 1. The van der Waals surface area contributed by atoms with Crippen LogP contribution in [0.5, 0.6) is 0 Å². The number of aromatic amines is 1. The highest BCUT2D eigenvalue weighted by molar-refractivity contribution is 9.10. The summed E-state index contributed by atoms with van der Waals surface area (Å²) in [5.74, 6) is 1.41. The highest BCUT2D eigenvalue weighted by atomic mass is 79.9. The van der Waals surface area contributed by atoms with E-state index in [0.29, 0.717) is 5.92 Å². The fourth-order valence-electron chi connectivity index (χ4n) is 3.59. The number of para-hydroxylation sites is 2. The lowest BCUT2D eigenvalue weighted by atomic mass is 10.0. The van der Waals surface area contributed by atoms with Gasteiger partial charge in [0.25, 0.3) is 0 Å². The molecular weight excluding hydrogens is 468 g/mol. The van der Waals surface area contributed by atoms with Crippen molar-refractivity contribution in [3.05, 3.63) is 64.1 Å². The summed E-state index contributed by atoms with van der Waals surface area (Å²) in [4.78, 5) is 12.9. The summed E-state index contributed by atoms with van der Waals surface area (Å²) in [6.07, 6.45) is 3.28. The molecule has 0 aliphatic carbocycles. The number of benzene rings is 2. The van der Waals surface area contributed by atoms with Crippen molar-refractivity contribution in [3.8, 4) is 16.6 Å². The zero-order chi connectivity index (χ0) is 19.3. The predicted octanol–water partition coefficient (Wildman–Crippen LogP) is 7.01. The predicted molar refractivity (Wildman–Crippen MR) is 128 cm³/mol. The van der Waals surface area contributed by atoms with Crippen LogP contribution < -0.4 is 0 Å². The zero-order valence-corrected chi connectivity index (χ0v) is 19.2. The summed E-state index contributed by atoms with van der Waals surface area (Å²) >= 11 is 5.25. The molecule has 3 aromatic heterocycles. The quantitative estimate of drug-likeness (QED) is 0.296. The third kappa shape index (κ3) is 3.72. The van der Waals surface area contributed by atoms with Crippen LogP contribution in [-0.2, 0) is 6.42 Å². The van der Waals surface area contributed by atoms with E-state index in [-0.39, 0.29) is 12.4 Å². The number of aromatic nitrogens is 4. The molecule has 7 heteroatoms. The molecule has 2 aromatic carbocycles. The molecule has 0 aliphatic rings. The Labute approximate surface area is 187 Å². The minimum atomic E-state index is 0. The van der Waals surface area contributed by atoms with Gasteiger partial charge in [-0.1, -0.05) is 48.0 Å². The number of halogens is 2. The van der Waals surface area contributed by atoms with Crippen molar-refractivity contribution in [1.82, 2.24) is 19.5 Å². The lowest BCUT2D eigenvalue weighted by Gasteiger charge is -2.02. The summed E-state index contributed by atoms with van der Waals surface area (Å²) in [7, 11) is 0. The normalized spacial score (nSPS) is 11.4. The van der Waals surface area contributed by atoms with Gasteiger partial charge in [-0.3, -0.25) is 4.57 Å². The molecule has 0 aliphatic heterocycles. The van der Waals surface area contributed by atoms with Crippen LogP contribution in [0.3, 0.4) is 0 Å². The monoisotopic (exact) mass is 486 g/mol. The molecule has 3 heterocycles. The first-order valence-corrected chi connectivity index (χ1v) is 11.0. The second kappa shape index (κ2) is 7.94. The SMILES string of the molecule is CC(C)Cc1cn(-c2nc(-c3nc4ccccc4[nH]3)cs2)c2cc(Br)ccc12.Cl. The Bertz CT molecular complexity index is 1270. The van der Waals surface area contributed by atoms with E-state index in [0.717, 1.165) is 38.6 Å². The molecule has 0 radical (unpaired) electrons. The average molecular weight is 488 g/mol. The van der Waals surface area contributed by atoms with Crippen LogP contribution in [0.25, 0.3) is 38.6 Å². The lowest BCUT2D eigenvalue weighted by Crippen LogP contribution is -1.93. The number of hydrogen-bond acceptors (Lipinski definition) is 3. The van der Waals surface area contributed by atoms with E-state index in [1.54, 1.807) is 11.3 Å². The minimum Gasteiger partial charge on any atom is -0.337 e. The summed E-state index contributed by atoms with van der Waals surface area (Å²) < 4.78 is 3.28. The highest BCUT2D eigenvalue weighted by Crippen LogP contribution is 2.32. The van der Waals surface area contributed by atoms with Crippen molar-refractivity contribution in [1.29, 1.82) is 0 Å². The largest absolute Gasteiger partial charge is 0.337 e. The van der Waals surface area contributed by atoms with Gasteiger partial charge in [0, 0.05) is 21.4 Å². The topological polar surface area (TPSA) is 46.5 Å². The van der Waals surface area contributed by atoms with Crippen LogP contribution in [0.2, 0.25) is 0 Å². The molecule has 148 valence electrons. The number of nitrogens with one attached hydrogen (secondary N) is 1. The van der Waals surface area contributed by atoms with Gasteiger partial charge in [-0.2, -0.15) is 0 Å². The van der Waals surface area contributed by atoms with Crippen molar-refractivity contribution in [2.45, 2.75) is 20.3 Å². The summed E-state index contributed by atoms with van der Waals surface area (Å²) in [6, 6.07) is 14.5. The summed E-state index contributed by atoms with van der Waals surface area (Å²) in [5.41, 5.74) is 5.40. The maximum Gasteiger partial charge on any atom is 0.194 e. The Morgan fingerprint density at radius 1 is 1.14 bits per heavy atom. The molecule has 0 saturated heterocycles. The van der Waals surface area contributed by atoms with E-state index in [2.05, 4.69) is 74.1 Å². The number of H-pyrrole nitrogens is 1. The molecule has 0 saturated carbocycles. The molecule has 0 atom stereocenters. The van der Waals surface area contributed by atoms with Gasteiger partial charge in [-0.15, -0.1) is 23.7 Å². The Balaban J connectivity index is 0.00000205. The molecule has 4 nitrogen and oxygen atoms in total. The molecule has 29 heavy (non-hydrogen) atoms. The van der Waals surface area contributed by atoms with Gasteiger partial charge in [0.2, 0.25) is 0 Å². The maximum absolute atomic E-state index is 4.89. The van der Waals surface area contributed by atoms with Crippen molar-refractivity contribution in [3.63, 3.8) is 0 Å². The van der Waals surface area contributed by atoms with E-state index in [1.165, 1.54) is 16.5 Å². The van der Waals surface area contributed by atoms with Crippen molar-refractivity contribution >= 4 is 61.6 Å². The third-order valence-electron chi connectivity index (χ3n) is 4.81. The van der Waals surface area contributed by atoms with E-state index < -0.39 is 0 Å². The van der Waals surface area contributed by atoms with Gasteiger partial charge < -0.3 is 4.98 Å². The molecule has 0 spiro atoms. The van der Waals surface area contributed by atoms with Crippen LogP contribution in [0.15, 0.2) is 58.5 Å². The van der Waals surface area contributed by atoms with Crippen LogP contribution in [0, 0.1) is 5.92 Å². The molecule has 0 fully saturated rings. The van der Waals surface area contributed by atoms with E-state index >= 15 is 0 Å². The number of nitrogens with zero attached hydrogens (tertiary/aromatic N) is 3. The van der Waals surface area contributed by atoms with Gasteiger partial charge in [-0.25, -0.2) is 9.97 Å². The number of hydrogen-bond donors (Lipinski definition) is 1. The Kier molecular flexibility index (Phi) is 5.51. The zero-order valence-electron chi connectivity index (χ0n) is 16.0. The van der Waals surface area contributed by atoms with E-state index in [9.17, 15) is 0 Å². The standard InChI is InChI=1S/C22H19BrN4S.ClH/c1-13(2)9-14-11-27(20-10-15(23)7-8-16(14)20)22-26-19(12-28-22)21-24-17-5-3-4-6-18(17)25-21;/h3-8,10-13H,9H2,1-2H3,(H,24,25);1H. The molecule has 0 unspecified atom stereocenters. The average Bonchev–Trinajstić information content (AvgIpc) is 3.37. The van der Waals surface area contributed by atoms with Gasteiger partial charge >= 0.3 is 0 Å². The Morgan fingerprint density at radius 2 is 1.97 bits per heavy atom. The first kappa shape index (κ1) is 20.1. The summed E-state index contributed by atoms with van der Waals surface area (Å²) in [5, 5.41) is 4.31. The number of rotatable bonds is 4. The molecule has 5 rings (SSSR count). The van der Waals surface area contributed by atoms with Crippen LogP contribution in [0.4, 0.5) is 0 Å². The third-order valence-corrected chi connectivity index (χ3v) is 6.14. The van der Waals surface area contributed by atoms with E-state index in [1.807, 2.05) is 24.3 Å². The number of fused-ring (bicyclic) bond motifs is 2. The van der Waals surface area contributed by atoms with Crippen molar-refractivity contribution in [2.24, 2.45) is 5.92 Å². The van der Waals surface area contributed by atoms with Gasteiger partial charge in [-0.05, 0) is 42.2 Å². The Hall–Kier alpha value is -2.15. The molecule has 1 N–H and O–H groups in total. The second-order valence-corrected chi connectivity index (χ2v) is 9.15. The fourth-order valence-corrected chi connectivity index (χ4v) is 4.74. The van der Waals surface area contributed by atoms with Crippen molar-refractivity contribution in [2.75, 3.05) is 0 Å². The lowest BCUT2D eigenvalue weighted by molar-refractivity contribution is 0.649. The Morgan fingerprint density at radius 3 is 2.76 bits per heavy atom. The van der Waals surface area contributed by atoms with Crippen LogP contribution >= 0.6 is 39.7 Å². The molecular formula is C22H20BrClN4S. The first-order valence-electron chi connectivity index (χ1n) is 9.29. The van der Waals surface area contributed by atoms with E-state index in [4.69, 9.17) is 4.98 Å². The van der Waals surface area contributed by atoms with Crippen LogP contribution in [0.1, 0.15) is 19.4 Å². The van der Waals surface area contributed by atoms with Crippen LogP contribution in [-0.4, -0.2) is 19.5 Å². The molecule has 0 amide bonds. The van der Waals surface area contributed by atoms with Crippen molar-refractivity contribution < 1.29 is 0 Å². The highest BCUT2D eigenvalue weighted by Gasteiger charge is 2.15. The smallest absolute Gasteiger partial charge is 0.194 e. The molecule has 5 aromatic rings. The summed E-state index contributed by atoms with van der Waals surface area (Å²) in [6.45, 7) is 4.51. The fraction of sp³-hybridized carbons (Fsp3) is 0.182. The number of imidazole rings is 1.